The van der Waals surface area contributed by atoms with E-state index in [4.69, 9.17) is 9.47 Å². The van der Waals surface area contributed by atoms with E-state index in [1.807, 2.05) is 60.7 Å². The van der Waals surface area contributed by atoms with Crippen molar-refractivity contribution >= 4 is 46.7 Å². The second kappa shape index (κ2) is 16.6. The standard InChI is InChI=1S/C39H48N2O4S2/c1-6-10-18-28(8-3)25-44-32-24-27(5)34(45-26-29(9-4)19-11-7-2)36-35(32)46-39(47-36)33-37(42)40(30-20-14-12-15-21-30)41(38(33)43)31-22-16-13-17-23-31/h12-17,20-24,28-29H,6-11,18-19,25-26H2,1-5H3. The Morgan fingerprint density at radius 3 is 1.66 bits per heavy atom. The number of aryl methyl sites for hydroxylation is 1. The maximum atomic E-state index is 14.3. The largest absolute Gasteiger partial charge is 0.492 e. The Balaban J connectivity index is 1.54. The van der Waals surface area contributed by atoms with Gasteiger partial charge in [0.05, 0.1) is 38.6 Å². The topological polar surface area (TPSA) is 59.1 Å². The molecule has 0 N–H and O–H groups in total. The first kappa shape index (κ1) is 35.0. The van der Waals surface area contributed by atoms with Crippen molar-refractivity contribution in [2.24, 2.45) is 11.8 Å². The molecule has 6 nitrogen and oxygen atoms in total. The minimum Gasteiger partial charge on any atom is -0.492 e. The molecule has 0 saturated carbocycles. The summed E-state index contributed by atoms with van der Waals surface area (Å²) in [6.07, 6.45) is 9.09. The summed E-state index contributed by atoms with van der Waals surface area (Å²) in [5.41, 5.74) is 2.44. The number of unbranched alkanes of at least 4 members (excludes halogenated alkanes) is 2. The molecule has 2 atom stereocenters. The van der Waals surface area contributed by atoms with Crippen LogP contribution >= 0.6 is 23.5 Å². The van der Waals surface area contributed by atoms with Gasteiger partial charge in [-0.25, -0.2) is 10.0 Å². The van der Waals surface area contributed by atoms with Crippen LogP contribution in [0.2, 0.25) is 0 Å². The Kier molecular flexibility index (Phi) is 12.4. The number of hydrazine groups is 1. The average molecular weight is 673 g/mol. The number of amides is 2. The van der Waals surface area contributed by atoms with E-state index in [-0.39, 0.29) is 17.4 Å². The lowest BCUT2D eigenvalue weighted by molar-refractivity contribution is -0.116. The fourth-order valence-electron chi connectivity index (χ4n) is 5.97. The molecule has 0 aromatic heterocycles. The molecule has 2 aliphatic rings. The fourth-order valence-corrected chi connectivity index (χ4v) is 8.73. The summed E-state index contributed by atoms with van der Waals surface area (Å²) in [6, 6.07) is 20.8. The molecule has 2 aliphatic heterocycles. The quantitative estimate of drug-likeness (QED) is 0.111. The van der Waals surface area contributed by atoms with Gasteiger partial charge < -0.3 is 9.47 Å². The molecule has 3 aromatic rings. The van der Waals surface area contributed by atoms with Gasteiger partial charge in [0.25, 0.3) is 11.8 Å². The zero-order valence-corrected chi connectivity index (χ0v) is 30.1. The zero-order valence-electron chi connectivity index (χ0n) is 28.4. The van der Waals surface area contributed by atoms with Gasteiger partial charge in [0.15, 0.2) is 0 Å². The van der Waals surface area contributed by atoms with Crippen LogP contribution in [0.1, 0.15) is 84.6 Å². The van der Waals surface area contributed by atoms with Gasteiger partial charge in [-0.3, -0.25) is 9.59 Å². The van der Waals surface area contributed by atoms with E-state index >= 15 is 0 Å². The van der Waals surface area contributed by atoms with Crippen LogP contribution in [-0.4, -0.2) is 25.0 Å². The van der Waals surface area contributed by atoms with E-state index in [9.17, 15) is 9.59 Å². The molecule has 2 unspecified atom stereocenters. The molecule has 0 spiro atoms. The normalized spacial score (nSPS) is 15.8. The van der Waals surface area contributed by atoms with Gasteiger partial charge in [-0.2, -0.15) is 0 Å². The van der Waals surface area contributed by atoms with E-state index < -0.39 is 0 Å². The van der Waals surface area contributed by atoms with Crippen molar-refractivity contribution in [3.8, 4) is 11.5 Å². The predicted octanol–water partition coefficient (Wildman–Crippen LogP) is 10.6. The van der Waals surface area contributed by atoms with E-state index in [0.717, 1.165) is 52.5 Å². The van der Waals surface area contributed by atoms with Crippen LogP contribution in [0.5, 0.6) is 11.5 Å². The van der Waals surface area contributed by atoms with Gasteiger partial charge in [-0.15, -0.1) is 0 Å². The molecule has 3 aromatic carbocycles. The minimum absolute atomic E-state index is 0.169. The molecule has 0 radical (unpaired) electrons. The van der Waals surface area contributed by atoms with Gasteiger partial charge in [0.2, 0.25) is 0 Å². The van der Waals surface area contributed by atoms with Crippen LogP contribution < -0.4 is 19.5 Å². The van der Waals surface area contributed by atoms with Crippen LogP contribution in [0.4, 0.5) is 11.4 Å². The van der Waals surface area contributed by atoms with E-state index in [1.165, 1.54) is 59.2 Å². The number of anilines is 2. The monoisotopic (exact) mass is 672 g/mol. The fraction of sp³-hybridized carbons (Fsp3) is 0.436. The maximum Gasteiger partial charge on any atom is 0.284 e. The molecule has 2 heterocycles. The van der Waals surface area contributed by atoms with Crippen molar-refractivity contribution in [1.82, 2.24) is 0 Å². The average Bonchev–Trinajstić information content (AvgIpc) is 3.64. The van der Waals surface area contributed by atoms with E-state index in [0.29, 0.717) is 40.7 Å². The third-order valence-corrected chi connectivity index (χ3v) is 11.6. The second-order valence-corrected chi connectivity index (χ2v) is 14.7. The Hall–Kier alpha value is -3.36. The summed E-state index contributed by atoms with van der Waals surface area (Å²) in [4.78, 5) is 30.5. The van der Waals surface area contributed by atoms with Crippen molar-refractivity contribution in [2.75, 3.05) is 23.2 Å². The van der Waals surface area contributed by atoms with Crippen molar-refractivity contribution < 1.29 is 19.1 Å². The highest BCUT2D eigenvalue weighted by Crippen LogP contribution is 2.60. The smallest absolute Gasteiger partial charge is 0.284 e. The van der Waals surface area contributed by atoms with Crippen LogP contribution in [0.3, 0.4) is 0 Å². The van der Waals surface area contributed by atoms with Gasteiger partial charge in [0, 0.05) is 0 Å². The number of benzene rings is 3. The Morgan fingerprint density at radius 2 is 1.17 bits per heavy atom. The van der Waals surface area contributed by atoms with Crippen LogP contribution in [-0.2, 0) is 9.59 Å². The van der Waals surface area contributed by atoms with Crippen molar-refractivity contribution in [3.63, 3.8) is 0 Å². The highest BCUT2D eigenvalue weighted by molar-refractivity contribution is 8.25. The molecule has 5 rings (SSSR count). The summed E-state index contributed by atoms with van der Waals surface area (Å²) >= 11 is 2.92. The summed E-state index contributed by atoms with van der Waals surface area (Å²) in [5, 5.41) is 2.98. The Morgan fingerprint density at radius 1 is 0.681 bits per heavy atom. The van der Waals surface area contributed by atoms with Gasteiger partial charge >= 0.3 is 0 Å². The van der Waals surface area contributed by atoms with E-state index in [2.05, 4.69) is 40.7 Å². The Labute approximate surface area is 289 Å². The zero-order chi connectivity index (χ0) is 33.3. The van der Waals surface area contributed by atoms with Crippen molar-refractivity contribution in [2.45, 2.75) is 95.8 Å². The second-order valence-electron chi connectivity index (χ2n) is 12.4. The maximum absolute atomic E-state index is 14.3. The molecule has 8 heteroatoms. The first-order valence-electron chi connectivity index (χ1n) is 17.2. The molecule has 2 amide bonds. The molecule has 1 saturated heterocycles. The number of hydrogen-bond acceptors (Lipinski definition) is 6. The third kappa shape index (κ3) is 7.86. The summed E-state index contributed by atoms with van der Waals surface area (Å²) in [5.74, 6) is 1.88. The number of carbonyl (C=O) groups excluding carboxylic acids is 2. The number of para-hydroxylation sites is 2. The van der Waals surface area contributed by atoms with Gasteiger partial charge in [0.1, 0.15) is 17.1 Å². The van der Waals surface area contributed by atoms with Gasteiger partial charge in [-0.1, -0.05) is 126 Å². The summed E-state index contributed by atoms with van der Waals surface area (Å²) in [7, 11) is 0. The molecule has 250 valence electrons. The minimum atomic E-state index is -0.342. The summed E-state index contributed by atoms with van der Waals surface area (Å²) < 4.78 is 13.9. The van der Waals surface area contributed by atoms with Crippen molar-refractivity contribution in [3.05, 3.63) is 82.1 Å². The van der Waals surface area contributed by atoms with Crippen LogP contribution in [0.25, 0.3) is 0 Å². The number of thioether (sulfide) groups is 2. The number of nitrogens with zero attached hydrogens (tertiary/aromatic N) is 2. The number of hydrogen-bond donors (Lipinski definition) is 0. The number of carbonyl (C=O) groups is 2. The SMILES string of the molecule is CCCCC(CC)COc1cc(C)c(OCC(CC)CCCC)c2c1SC(=C1C(=O)N(c3ccccc3)N(c3ccccc3)C1=O)S2. The molecule has 47 heavy (non-hydrogen) atoms. The third-order valence-electron chi connectivity index (χ3n) is 8.97. The first-order valence-corrected chi connectivity index (χ1v) is 18.9. The first-order chi connectivity index (χ1) is 22.9. The van der Waals surface area contributed by atoms with Crippen LogP contribution in [0.15, 0.2) is 86.3 Å². The molecule has 1 fully saturated rings. The van der Waals surface area contributed by atoms with Crippen molar-refractivity contribution in [1.29, 1.82) is 0 Å². The molecular formula is C39H48N2O4S2. The lowest BCUT2D eigenvalue weighted by Gasteiger charge is -2.27. The predicted molar refractivity (Wildman–Crippen MR) is 195 cm³/mol. The van der Waals surface area contributed by atoms with E-state index in [1.54, 1.807) is 0 Å². The number of fused-ring (bicyclic) bond motifs is 1. The Bertz CT molecular complexity index is 1500. The lowest BCUT2D eigenvalue weighted by atomic mass is 10.0. The number of ether oxygens (including phenoxy) is 2. The van der Waals surface area contributed by atoms with Crippen LogP contribution in [0, 0.1) is 18.8 Å². The van der Waals surface area contributed by atoms with Gasteiger partial charge in [-0.05, 0) is 67.5 Å². The summed E-state index contributed by atoms with van der Waals surface area (Å²) in [6.45, 7) is 12.2. The number of rotatable bonds is 16. The molecule has 0 aliphatic carbocycles. The lowest BCUT2D eigenvalue weighted by Crippen LogP contribution is -2.41. The highest BCUT2D eigenvalue weighted by Gasteiger charge is 2.46. The molecular weight excluding hydrogens is 625 g/mol. The molecule has 0 bridgehead atoms. The highest BCUT2D eigenvalue weighted by atomic mass is 32.2.